The van der Waals surface area contributed by atoms with Gasteiger partial charge in [0.2, 0.25) is 0 Å². The van der Waals surface area contributed by atoms with Crippen molar-refractivity contribution in [2.75, 3.05) is 6.54 Å². The molecule has 78 valence electrons. The Labute approximate surface area is 82.8 Å². The summed E-state index contributed by atoms with van der Waals surface area (Å²) in [6, 6.07) is 0. The van der Waals surface area contributed by atoms with E-state index in [9.17, 15) is 0 Å². The van der Waals surface area contributed by atoms with E-state index in [0.717, 1.165) is 13.0 Å². The van der Waals surface area contributed by atoms with Gasteiger partial charge in [-0.05, 0) is 24.3 Å². The van der Waals surface area contributed by atoms with Crippen LogP contribution in [0.4, 0.5) is 0 Å². The van der Waals surface area contributed by atoms with Gasteiger partial charge >= 0.3 is 0 Å². The highest BCUT2D eigenvalue weighted by Gasteiger charge is 2.16. The van der Waals surface area contributed by atoms with Crippen LogP contribution < -0.4 is 5.84 Å². The molecule has 13 heavy (non-hydrogen) atoms. The minimum atomic E-state index is 0.239. The summed E-state index contributed by atoms with van der Waals surface area (Å²) < 4.78 is 0. The first-order chi connectivity index (χ1) is 5.91. The van der Waals surface area contributed by atoms with Crippen LogP contribution in [0.15, 0.2) is 11.8 Å². The van der Waals surface area contributed by atoms with Crippen molar-refractivity contribution >= 4 is 0 Å². The van der Waals surface area contributed by atoms with E-state index in [1.807, 2.05) is 0 Å². The summed E-state index contributed by atoms with van der Waals surface area (Å²) in [5.41, 5.74) is 1.67. The lowest BCUT2D eigenvalue weighted by molar-refractivity contribution is 0.387. The standard InChI is InChI=1S/C11H24N2/c1-6-8-10(11(3,4)5)9-13(12)7-2/h9H,6-8,12H2,1-5H3/b10-9+. The molecule has 0 aliphatic heterocycles. The Balaban J connectivity index is 4.50. The summed E-state index contributed by atoms with van der Waals surface area (Å²) in [5, 5.41) is 1.76. The van der Waals surface area contributed by atoms with Crippen LogP contribution in [-0.4, -0.2) is 11.6 Å². The molecule has 0 aliphatic carbocycles. The summed E-state index contributed by atoms with van der Waals surface area (Å²) in [6.07, 6.45) is 4.40. The molecule has 2 N–H and O–H groups in total. The summed E-state index contributed by atoms with van der Waals surface area (Å²) in [5.74, 6) is 5.76. The minimum Gasteiger partial charge on any atom is -0.319 e. The van der Waals surface area contributed by atoms with Crippen LogP contribution in [0, 0.1) is 5.41 Å². The van der Waals surface area contributed by atoms with E-state index in [1.54, 1.807) is 5.01 Å². The Hall–Kier alpha value is -0.500. The molecule has 0 unspecified atom stereocenters. The summed E-state index contributed by atoms with van der Waals surface area (Å²) in [6.45, 7) is 11.8. The Bertz CT molecular complexity index is 165. The first kappa shape index (κ1) is 12.5. The van der Waals surface area contributed by atoms with Gasteiger partial charge in [-0.3, -0.25) is 0 Å². The topological polar surface area (TPSA) is 29.3 Å². The molecule has 0 aromatic rings. The fraction of sp³-hybridized carbons (Fsp3) is 0.818. The van der Waals surface area contributed by atoms with Gasteiger partial charge in [-0.25, -0.2) is 5.84 Å². The van der Waals surface area contributed by atoms with Crippen LogP contribution in [0.5, 0.6) is 0 Å². The zero-order chi connectivity index (χ0) is 10.5. The van der Waals surface area contributed by atoms with Gasteiger partial charge < -0.3 is 5.01 Å². The van der Waals surface area contributed by atoms with Crippen molar-refractivity contribution in [3.8, 4) is 0 Å². The van der Waals surface area contributed by atoms with Crippen LogP contribution in [0.3, 0.4) is 0 Å². The van der Waals surface area contributed by atoms with Gasteiger partial charge in [-0.1, -0.05) is 34.1 Å². The van der Waals surface area contributed by atoms with E-state index in [2.05, 4.69) is 40.8 Å². The van der Waals surface area contributed by atoms with Gasteiger partial charge in [-0.15, -0.1) is 0 Å². The largest absolute Gasteiger partial charge is 0.319 e. The molecule has 0 aliphatic rings. The maximum atomic E-state index is 5.76. The lowest BCUT2D eigenvalue weighted by Crippen LogP contribution is -2.26. The van der Waals surface area contributed by atoms with E-state index in [4.69, 9.17) is 5.84 Å². The van der Waals surface area contributed by atoms with Crippen molar-refractivity contribution in [2.45, 2.75) is 47.5 Å². The predicted molar refractivity (Wildman–Crippen MR) is 59.0 cm³/mol. The number of rotatable bonds is 4. The molecule has 2 nitrogen and oxygen atoms in total. The highest BCUT2D eigenvalue weighted by atomic mass is 15.4. The fourth-order valence-electron chi connectivity index (χ4n) is 1.19. The second kappa shape index (κ2) is 5.28. The van der Waals surface area contributed by atoms with Crippen molar-refractivity contribution in [1.82, 2.24) is 5.01 Å². The van der Waals surface area contributed by atoms with Crippen LogP contribution >= 0.6 is 0 Å². The summed E-state index contributed by atoms with van der Waals surface area (Å²) >= 11 is 0. The van der Waals surface area contributed by atoms with E-state index in [-0.39, 0.29) is 5.41 Å². The molecule has 0 bridgehead atoms. The quantitative estimate of drug-likeness (QED) is 0.537. The number of nitrogens with zero attached hydrogens (tertiary/aromatic N) is 1. The fourth-order valence-corrected chi connectivity index (χ4v) is 1.19. The zero-order valence-electron chi connectivity index (χ0n) is 9.72. The average molecular weight is 184 g/mol. The van der Waals surface area contributed by atoms with Crippen molar-refractivity contribution in [2.24, 2.45) is 11.3 Å². The molecule has 0 saturated carbocycles. The van der Waals surface area contributed by atoms with Gasteiger partial charge in [0.15, 0.2) is 0 Å². The SMILES string of the molecule is CCC/C(=C\N(N)CC)C(C)(C)C. The van der Waals surface area contributed by atoms with Crippen LogP contribution in [-0.2, 0) is 0 Å². The Morgan fingerprint density at radius 3 is 2.15 bits per heavy atom. The maximum absolute atomic E-state index is 5.76. The van der Waals surface area contributed by atoms with Crippen LogP contribution in [0.2, 0.25) is 0 Å². The van der Waals surface area contributed by atoms with Gasteiger partial charge in [0.1, 0.15) is 0 Å². The highest BCUT2D eigenvalue weighted by Crippen LogP contribution is 2.28. The molecule has 0 spiro atoms. The average Bonchev–Trinajstić information content (AvgIpc) is 2.01. The Kier molecular flexibility index (Phi) is 5.07. The molecule has 2 heteroatoms. The summed E-state index contributed by atoms with van der Waals surface area (Å²) in [7, 11) is 0. The van der Waals surface area contributed by atoms with Crippen LogP contribution in [0.25, 0.3) is 0 Å². The maximum Gasteiger partial charge on any atom is 0.0306 e. The van der Waals surface area contributed by atoms with Crippen molar-refractivity contribution in [3.05, 3.63) is 11.8 Å². The molecule has 0 radical (unpaired) electrons. The van der Waals surface area contributed by atoms with Gasteiger partial charge in [0.25, 0.3) is 0 Å². The molecule has 0 rings (SSSR count). The smallest absolute Gasteiger partial charge is 0.0306 e. The second-order valence-corrected chi connectivity index (χ2v) is 4.48. The normalized spacial score (nSPS) is 13.2. The first-order valence-electron chi connectivity index (χ1n) is 5.14. The molecule has 0 saturated heterocycles. The molecule has 0 aromatic carbocycles. The van der Waals surface area contributed by atoms with Crippen molar-refractivity contribution < 1.29 is 0 Å². The summed E-state index contributed by atoms with van der Waals surface area (Å²) in [4.78, 5) is 0. The highest BCUT2D eigenvalue weighted by molar-refractivity contribution is 5.09. The monoisotopic (exact) mass is 184 g/mol. The molecule has 0 amide bonds. The molecule has 0 heterocycles. The van der Waals surface area contributed by atoms with Gasteiger partial charge in [-0.2, -0.15) is 0 Å². The first-order valence-corrected chi connectivity index (χ1v) is 5.14. The molecule has 0 atom stereocenters. The predicted octanol–water partition coefficient (Wildman–Crippen LogP) is 2.91. The zero-order valence-corrected chi connectivity index (χ0v) is 9.72. The van der Waals surface area contributed by atoms with E-state index in [1.165, 1.54) is 12.0 Å². The minimum absolute atomic E-state index is 0.239. The van der Waals surface area contributed by atoms with Crippen molar-refractivity contribution in [3.63, 3.8) is 0 Å². The molecule has 0 fully saturated rings. The lowest BCUT2D eigenvalue weighted by Gasteiger charge is -2.25. The Morgan fingerprint density at radius 2 is 1.85 bits per heavy atom. The number of nitrogens with two attached hydrogens (primary N) is 1. The lowest BCUT2D eigenvalue weighted by atomic mass is 9.84. The van der Waals surface area contributed by atoms with Crippen LogP contribution in [0.1, 0.15) is 47.5 Å². The number of hydrogen-bond donors (Lipinski definition) is 1. The van der Waals surface area contributed by atoms with Gasteiger partial charge in [0, 0.05) is 12.7 Å². The molecule has 0 aromatic heterocycles. The third-order valence-corrected chi connectivity index (χ3v) is 2.17. The van der Waals surface area contributed by atoms with Crippen molar-refractivity contribution in [1.29, 1.82) is 0 Å². The molecular formula is C11H24N2. The number of allylic oxidation sites excluding steroid dienone is 1. The molecular weight excluding hydrogens is 160 g/mol. The number of hydrazine groups is 1. The second-order valence-electron chi connectivity index (χ2n) is 4.48. The Morgan fingerprint density at radius 1 is 1.31 bits per heavy atom. The van der Waals surface area contributed by atoms with Gasteiger partial charge in [0.05, 0.1) is 0 Å². The van der Waals surface area contributed by atoms with E-state index >= 15 is 0 Å². The van der Waals surface area contributed by atoms with E-state index < -0.39 is 0 Å². The van der Waals surface area contributed by atoms with E-state index in [0.29, 0.717) is 0 Å². The number of hydrogen-bond acceptors (Lipinski definition) is 2. The third kappa shape index (κ3) is 4.94. The third-order valence-electron chi connectivity index (χ3n) is 2.17.